The number of halogens is 1. The molecule has 10 heavy (non-hydrogen) atoms. The largest absolute Gasteiger partial charge is 2.00 e. The van der Waals surface area contributed by atoms with Crippen molar-refractivity contribution in [3.05, 3.63) is 24.3 Å². The topological polar surface area (TPSA) is 0 Å². The van der Waals surface area contributed by atoms with E-state index < -0.39 is 0 Å². The number of allylic oxidation sites excluding steroid dienone is 4. The molecule has 2 heteroatoms. The maximum Gasteiger partial charge on any atom is 2.00 e. The molecule has 0 saturated heterocycles. The standard InChI is InChI=1S/C8H12.ClH.Pd/c1-2-4-6-8-7-5-3-1;;/h1-4H,5-8H2;1H;/q;;+2/p-1/b3-1-,4-2-;;. The third kappa shape index (κ3) is 6.55. The summed E-state index contributed by atoms with van der Waals surface area (Å²) in [6.45, 7) is 0. The van der Waals surface area contributed by atoms with E-state index in [1.54, 1.807) is 0 Å². The van der Waals surface area contributed by atoms with Crippen molar-refractivity contribution in [1.82, 2.24) is 0 Å². The fourth-order valence-corrected chi connectivity index (χ4v) is 0.874. The number of hydrogen-bond acceptors (Lipinski definition) is 0. The maximum atomic E-state index is 2.23. The van der Waals surface area contributed by atoms with E-state index in [1.807, 2.05) is 0 Å². The van der Waals surface area contributed by atoms with Crippen LogP contribution in [0.1, 0.15) is 25.7 Å². The number of hydrogen-bond donors (Lipinski definition) is 0. The van der Waals surface area contributed by atoms with Gasteiger partial charge >= 0.3 is 20.4 Å². The van der Waals surface area contributed by atoms with E-state index in [-0.39, 0.29) is 32.8 Å². The van der Waals surface area contributed by atoms with Crippen molar-refractivity contribution < 1.29 is 32.8 Å². The second-order valence-corrected chi connectivity index (χ2v) is 2.14. The number of rotatable bonds is 0. The summed E-state index contributed by atoms with van der Waals surface area (Å²) in [4.78, 5) is 0. The summed E-state index contributed by atoms with van der Waals surface area (Å²) >= 11 is 0. The van der Waals surface area contributed by atoms with E-state index in [9.17, 15) is 0 Å². The Balaban J connectivity index is 0. The van der Waals surface area contributed by atoms with Gasteiger partial charge in [0.15, 0.2) is 0 Å². The van der Waals surface area contributed by atoms with Gasteiger partial charge in [0.25, 0.3) is 0 Å². The van der Waals surface area contributed by atoms with Crippen molar-refractivity contribution in [2.45, 2.75) is 25.7 Å². The first-order valence-electron chi connectivity index (χ1n) is 3.32. The van der Waals surface area contributed by atoms with Gasteiger partial charge in [-0.1, -0.05) is 24.3 Å². The molecule has 0 aromatic carbocycles. The average Bonchev–Trinajstić information content (AvgIpc) is 1.62. The van der Waals surface area contributed by atoms with Gasteiger partial charge in [0.1, 0.15) is 0 Å². The average molecular weight is 250 g/mol. The third-order valence-corrected chi connectivity index (χ3v) is 1.37. The first kappa shape index (κ1) is 13.1. The van der Waals surface area contributed by atoms with Gasteiger partial charge in [0, 0.05) is 0 Å². The minimum atomic E-state index is 0. The van der Waals surface area contributed by atoms with Crippen LogP contribution in [0.3, 0.4) is 0 Å². The molecule has 0 nitrogen and oxygen atoms in total. The van der Waals surface area contributed by atoms with Crippen molar-refractivity contribution in [1.29, 1.82) is 0 Å². The van der Waals surface area contributed by atoms with Gasteiger partial charge in [-0.05, 0) is 25.7 Å². The van der Waals surface area contributed by atoms with Gasteiger partial charge < -0.3 is 12.4 Å². The molecule has 0 aromatic heterocycles. The van der Waals surface area contributed by atoms with Crippen LogP contribution in [0.4, 0.5) is 0 Å². The molecule has 1 rings (SSSR count). The van der Waals surface area contributed by atoms with Crippen molar-refractivity contribution in [2.24, 2.45) is 0 Å². The summed E-state index contributed by atoms with van der Waals surface area (Å²) in [5, 5.41) is 0. The van der Waals surface area contributed by atoms with E-state index in [0.29, 0.717) is 0 Å². The minimum Gasteiger partial charge on any atom is -1.00 e. The zero-order chi connectivity index (χ0) is 5.66. The Hall–Kier alpha value is 0.432. The normalized spacial score (nSPS) is 22.4. The van der Waals surface area contributed by atoms with E-state index in [0.717, 1.165) is 0 Å². The Morgan fingerprint density at radius 1 is 0.800 bits per heavy atom. The maximum absolute atomic E-state index is 2.23. The van der Waals surface area contributed by atoms with E-state index in [2.05, 4.69) is 24.3 Å². The fourth-order valence-electron chi connectivity index (χ4n) is 0.874. The smallest absolute Gasteiger partial charge is 1.00 e. The molecule has 0 aliphatic heterocycles. The van der Waals surface area contributed by atoms with Crippen LogP contribution < -0.4 is 12.4 Å². The Bertz CT molecular complexity index is 93.8. The van der Waals surface area contributed by atoms with Crippen LogP contribution in [0, 0.1) is 0 Å². The predicted octanol–water partition coefficient (Wildman–Crippen LogP) is -0.326. The van der Waals surface area contributed by atoms with Gasteiger partial charge in [-0.3, -0.25) is 0 Å². The van der Waals surface area contributed by atoms with Crippen LogP contribution in [-0.4, -0.2) is 0 Å². The third-order valence-electron chi connectivity index (χ3n) is 1.37. The molecule has 0 aromatic rings. The molecule has 0 amide bonds. The molecule has 0 fully saturated rings. The molecule has 0 radical (unpaired) electrons. The van der Waals surface area contributed by atoms with Gasteiger partial charge in [-0.15, -0.1) is 0 Å². The Labute approximate surface area is 82.8 Å². The SMILES string of the molecule is C1=C\CCCC\C=C/1.[Cl-].[Pd+2]. The van der Waals surface area contributed by atoms with Crippen LogP contribution in [0.15, 0.2) is 24.3 Å². The molecule has 0 unspecified atom stereocenters. The van der Waals surface area contributed by atoms with E-state index in [1.165, 1.54) is 25.7 Å². The summed E-state index contributed by atoms with van der Waals surface area (Å²) in [6.07, 6.45) is 14.0. The molecule has 0 N–H and O–H groups in total. The second-order valence-electron chi connectivity index (χ2n) is 2.14. The van der Waals surface area contributed by atoms with Crippen LogP contribution in [0.2, 0.25) is 0 Å². The van der Waals surface area contributed by atoms with Crippen LogP contribution >= 0.6 is 0 Å². The van der Waals surface area contributed by atoms with E-state index in [4.69, 9.17) is 0 Å². The van der Waals surface area contributed by atoms with Gasteiger partial charge in [0.2, 0.25) is 0 Å². The Kier molecular flexibility index (Phi) is 12.3. The zero-order valence-corrected chi connectivity index (χ0v) is 8.14. The van der Waals surface area contributed by atoms with Gasteiger partial charge in [-0.25, -0.2) is 0 Å². The van der Waals surface area contributed by atoms with Crippen molar-refractivity contribution in [3.63, 3.8) is 0 Å². The molecule has 0 saturated carbocycles. The molecule has 0 spiro atoms. The van der Waals surface area contributed by atoms with Crippen molar-refractivity contribution in [2.75, 3.05) is 0 Å². The predicted molar refractivity (Wildman–Crippen MR) is 36.7 cm³/mol. The summed E-state index contributed by atoms with van der Waals surface area (Å²) in [5.41, 5.74) is 0. The molecular weight excluding hydrogens is 238 g/mol. The summed E-state index contributed by atoms with van der Waals surface area (Å²) in [6, 6.07) is 0. The van der Waals surface area contributed by atoms with Gasteiger partial charge in [0.05, 0.1) is 0 Å². The van der Waals surface area contributed by atoms with Crippen LogP contribution in [0.25, 0.3) is 0 Å². The first-order chi connectivity index (χ1) is 4.00. The molecule has 1 aliphatic rings. The molecule has 0 heterocycles. The molecule has 0 bridgehead atoms. The van der Waals surface area contributed by atoms with Crippen LogP contribution in [-0.2, 0) is 20.4 Å². The fraction of sp³-hybridized carbons (Fsp3) is 0.500. The first-order valence-corrected chi connectivity index (χ1v) is 3.32. The minimum absolute atomic E-state index is 0. The van der Waals surface area contributed by atoms with E-state index >= 15 is 0 Å². The molecule has 0 atom stereocenters. The summed E-state index contributed by atoms with van der Waals surface area (Å²) in [7, 11) is 0. The summed E-state index contributed by atoms with van der Waals surface area (Å²) in [5.74, 6) is 0. The summed E-state index contributed by atoms with van der Waals surface area (Å²) < 4.78 is 0. The second kappa shape index (κ2) is 9.43. The molecule has 1 aliphatic carbocycles. The Morgan fingerprint density at radius 3 is 1.60 bits per heavy atom. The van der Waals surface area contributed by atoms with Crippen LogP contribution in [0.5, 0.6) is 0 Å². The monoisotopic (exact) mass is 249 g/mol. The molecule has 60 valence electrons. The Morgan fingerprint density at radius 2 is 1.20 bits per heavy atom. The quantitative estimate of drug-likeness (QED) is 0.517. The molecular formula is C8H12ClPd+. The zero-order valence-electron chi connectivity index (χ0n) is 5.83. The van der Waals surface area contributed by atoms with Crippen molar-refractivity contribution in [3.8, 4) is 0 Å². The van der Waals surface area contributed by atoms with Gasteiger partial charge in [-0.2, -0.15) is 0 Å². The van der Waals surface area contributed by atoms with Crippen molar-refractivity contribution >= 4 is 0 Å².